The number of rotatable bonds is 1. The van der Waals surface area contributed by atoms with Crippen LogP contribution in [-0.4, -0.2) is 127 Å². The Morgan fingerprint density at radius 2 is 0.487 bits per heavy atom. The van der Waals surface area contributed by atoms with Crippen LogP contribution in [0, 0.1) is 80.6 Å². The van der Waals surface area contributed by atoms with Crippen LogP contribution in [0.4, 0.5) is 4.79 Å². The summed E-state index contributed by atoms with van der Waals surface area (Å²) in [7, 11) is 15.0. The fraction of sp³-hybridized carbons (Fsp3) is 0.625. The Bertz CT molecular complexity index is 2650. The minimum Gasteiger partial charge on any atom is -0.469 e. The van der Waals surface area contributed by atoms with Gasteiger partial charge in [-0.25, -0.2) is 32.9 Å². The van der Waals surface area contributed by atoms with Gasteiger partial charge in [-0.3, -0.25) is 8.98 Å². The zero-order valence-electron chi connectivity index (χ0n) is 86.2. The molecule has 0 bridgehead atoms. The first-order valence-corrected chi connectivity index (χ1v) is 44.3. The molecule has 0 aliphatic rings. The summed E-state index contributed by atoms with van der Waals surface area (Å²) < 4.78 is 42.5. The Morgan fingerprint density at radius 1 is 0.391 bits per heavy atom. The summed E-state index contributed by atoms with van der Waals surface area (Å²) in [6.45, 7) is 85.5. The maximum absolute atomic E-state index is 11.1. The number of Topliss-reactive ketones (excluding diaryl/α,β-unsaturated/α-hetero) is 1. The van der Waals surface area contributed by atoms with Crippen LogP contribution < -0.4 is 17.1 Å². The first-order chi connectivity index (χ1) is 53.6. The summed E-state index contributed by atoms with van der Waals surface area (Å²) in [4.78, 5) is 64.0. The van der Waals surface area contributed by atoms with Crippen LogP contribution in [0.15, 0.2) is 136 Å². The lowest BCUT2D eigenvalue weighted by Crippen LogP contribution is -2.51. The van der Waals surface area contributed by atoms with Crippen LogP contribution in [0.25, 0.3) is 0 Å². The minimum absolute atomic E-state index is 0.167. The molecule has 0 unspecified atom stereocenters. The number of ketones is 1. The number of aromatic nitrogens is 3. The molecule has 6 aromatic rings. The van der Waals surface area contributed by atoms with Crippen molar-refractivity contribution in [3.8, 4) is 0 Å². The highest BCUT2D eigenvalue weighted by Crippen LogP contribution is 2.24. The van der Waals surface area contributed by atoms with Crippen molar-refractivity contribution in [3.63, 3.8) is 0 Å². The molecule has 1 aromatic heterocycles. The van der Waals surface area contributed by atoms with Gasteiger partial charge in [-0.15, -0.1) is 0 Å². The van der Waals surface area contributed by atoms with E-state index in [0.717, 1.165) is 33.0 Å². The van der Waals surface area contributed by atoms with Crippen molar-refractivity contribution in [3.05, 3.63) is 208 Å². The second kappa shape index (κ2) is 133. The topological polar surface area (TPSA) is 201 Å². The summed E-state index contributed by atoms with van der Waals surface area (Å²) in [6, 6.07) is 41.0. The second-order valence-corrected chi connectivity index (χ2v) is 26.2. The number of hydrogen-bond acceptors (Lipinski definition) is 15. The third-order valence-corrected chi connectivity index (χ3v) is 10.4. The molecule has 17 nitrogen and oxygen atoms in total. The first kappa shape index (κ1) is 160. The molecule has 688 valence electrons. The molecule has 0 N–H and O–H groups in total. The predicted molar refractivity (Wildman–Crippen MR) is 524 cm³/mol. The van der Waals surface area contributed by atoms with Crippen LogP contribution in [0.1, 0.15) is 284 Å². The molecule has 0 saturated carbocycles. The minimum atomic E-state index is -3.16. The van der Waals surface area contributed by atoms with Crippen molar-refractivity contribution in [2.75, 3.05) is 82.6 Å². The van der Waals surface area contributed by atoms with Gasteiger partial charge in [-0.2, -0.15) is 20.2 Å². The molecule has 0 atom stereocenters. The van der Waals surface area contributed by atoms with Gasteiger partial charge in [0.15, 0.2) is 0 Å². The fourth-order valence-electron chi connectivity index (χ4n) is 4.83. The molecular formula is C96H194N4O13S2. The van der Waals surface area contributed by atoms with E-state index in [1.54, 1.807) is 26.0 Å². The molecule has 0 amide bonds. The van der Waals surface area contributed by atoms with E-state index in [0.29, 0.717) is 5.41 Å². The largest absolute Gasteiger partial charge is 0.507 e. The second-order valence-electron chi connectivity index (χ2n) is 23.6. The molecule has 0 radical (unpaired) electrons. The van der Waals surface area contributed by atoms with Gasteiger partial charge in [0.05, 0.1) is 34.7 Å². The van der Waals surface area contributed by atoms with Crippen molar-refractivity contribution >= 4 is 39.8 Å². The van der Waals surface area contributed by atoms with Crippen LogP contribution >= 0.6 is 11.8 Å². The summed E-state index contributed by atoms with van der Waals surface area (Å²) >= 11 is 1.75. The highest BCUT2D eigenvalue weighted by atomic mass is 32.2. The van der Waals surface area contributed by atoms with Crippen molar-refractivity contribution in [1.82, 2.24) is 18.6 Å². The van der Waals surface area contributed by atoms with Gasteiger partial charge >= 0.3 is 29.2 Å². The average Bonchev–Trinajstić information content (AvgIpc) is 0.819. The zero-order valence-corrected chi connectivity index (χ0v) is 87.9. The van der Waals surface area contributed by atoms with Crippen molar-refractivity contribution < 1.29 is 45.9 Å². The number of methoxy groups -OCH3 is 4. The molecule has 0 spiro atoms. The maximum atomic E-state index is 11.1. The Kier molecular flexibility index (Phi) is 185. The lowest BCUT2D eigenvalue weighted by atomic mass is 9.90. The third kappa shape index (κ3) is 176. The highest BCUT2D eigenvalue weighted by molar-refractivity contribution is 7.97. The van der Waals surface area contributed by atoms with Gasteiger partial charge in [0.25, 0.3) is 10.1 Å². The number of thioether (sulfide) groups is 1. The molecule has 0 aliphatic heterocycles. The summed E-state index contributed by atoms with van der Waals surface area (Å²) in [5.41, 5.74) is 12.7. The number of hydrogen-bond donors (Lipinski definition) is 0. The molecule has 1 heterocycles. The van der Waals surface area contributed by atoms with Crippen LogP contribution in [0.5, 0.6) is 0 Å². The van der Waals surface area contributed by atoms with E-state index in [1.165, 1.54) is 125 Å². The van der Waals surface area contributed by atoms with Crippen LogP contribution in [-0.2, 0) is 64.0 Å². The van der Waals surface area contributed by atoms with E-state index in [4.69, 9.17) is 0 Å². The molecule has 0 saturated heterocycles. The van der Waals surface area contributed by atoms with Crippen molar-refractivity contribution in [2.45, 2.75) is 297 Å². The summed E-state index contributed by atoms with van der Waals surface area (Å²) in [5, 5.41) is 0. The van der Waals surface area contributed by atoms with E-state index >= 15 is 0 Å². The average molecular weight is 1680 g/mol. The van der Waals surface area contributed by atoms with Gasteiger partial charge in [0.1, 0.15) is 5.78 Å². The number of aryl methyl sites for hydroxylation is 4. The quantitative estimate of drug-likeness (QED) is 0.111. The molecule has 5 aromatic carbocycles. The zero-order chi connectivity index (χ0) is 97.2. The molecule has 0 fully saturated rings. The van der Waals surface area contributed by atoms with Crippen LogP contribution in [0.3, 0.4) is 0 Å². The standard InChI is InChI=1S/C12H18.4C7H8.C6H9N3O3.C5H12.C4H10.C3H9N.C3H6O3.C3H6O2.C3H6O.C3H8.C2H6O3S.C2H6O.C2H6S.10C2H6/c1-7-8(2)10(4)12(6)11(5)9(7)3;4*1-7-5-3-2-4-6-7;1-7-4(10)8(2)6(12)9(3)5(7)11;1-5(2,3)4;2*1-4(2)3;1-5-3(4)6-2;1-3(4)5-2;1-3(2)4;1-3-2;1-5-6(2,3)4;2*1-3-2;10*1-2/h1-6H3;4*2-6H,1H3;1-3H3;1-4H3;4H,1-3H3;1-3H3;1-2H3;1-2H3;1-2H3;3H2,1-2H3;1-2H3;2*1-2H3;10*1-2H3. The number of nitrogens with zero attached hydrogens (tertiary/aromatic N) is 4. The number of esters is 1. The van der Waals surface area contributed by atoms with Crippen molar-refractivity contribution in [1.29, 1.82) is 0 Å². The lowest BCUT2D eigenvalue weighted by Gasteiger charge is -2.15. The Balaban J connectivity index is -0.0000000464. The van der Waals surface area contributed by atoms with E-state index in [-0.39, 0.29) is 11.8 Å². The number of carbonyl (C=O) groups is 3. The number of carbonyl (C=O) groups excluding carboxylic acids is 3. The summed E-state index contributed by atoms with van der Waals surface area (Å²) in [5.74, 6) is 0.755. The first-order valence-electron chi connectivity index (χ1n) is 40.8. The van der Waals surface area contributed by atoms with Gasteiger partial charge < -0.3 is 28.6 Å². The smallest absolute Gasteiger partial charge is 0.469 e. The summed E-state index contributed by atoms with van der Waals surface area (Å²) in [6.07, 6.45) is 5.67. The van der Waals surface area contributed by atoms with Crippen molar-refractivity contribution in [2.24, 2.45) is 32.5 Å². The van der Waals surface area contributed by atoms with Gasteiger partial charge in [-0.1, -0.05) is 351 Å². The highest BCUT2D eigenvalue weighted by Gasteiger charge is 2.08. The fourth-order valence-corrected chi connectivity index (χ4v) is 4.83. The van der Waals surface area contributed by atoms with E-state index in [2.05, 4.69) is 203 Å². The predicted octanol–water partition coefficient (Wildman–Crippen LogP) is 26.9. The van der Waals surface area contributed by atoms with E-state index < -0.39 is 33.3 Å². The number of benzene rings is 5. The SMILES string of the molecule is CC.CC.CC.CC.CC.CC.CC.CC.CC.CC.CC(C)(C)C.CC(C)=O.CC(C)C.CCC.CN(C)C.COC.COC(=O)OC.COC(C)=O.COS(C)(=O)=O.CSC.Cc1c(C)c(C)c(C)c(C)c1C.Cc1ccccc1.Cc1ccccc1.Cc1ccccc1.Cc1ccccc1.Cn1c(=O)n(C)c(=O)n(C)c1=O. The molecular weight excluding hydrogens is 1480 g/mol. The van der Waals surface area contributed by atoms with Gasteiger partial charge in [-0.05, 0) is 161 Å². The third-order valence-electron chi connectivity index (χ3n) is 9.78. The van der Waals surface area contributed by atoms with Gasteiger partial charge in [0.2, 0.25) is 0 Å². The van der Waals surface area contributed by atoms with E-state index in [1.807, 2.05) is 250 Å². The molecule has 19 heteroatoms. The van der Waals surface area contributed by atoms with Crippen LogP contribution in [0.2, 0.25) is 0 Å². The Morgan fingerprint density at radius 3 is 0.530 bits per heavy atom. The monoisotopic (exact) mass is 1680 g/mol. The molecule has 115 heavy (non-hydrogen) atoms. The number of ether oxygens (including phenoxy) is 4. The Hall–Kier alpha value is -6.90. The molecule has 0 aliphatic carbocycles. The molecule has 6 rings (SSSR count). The maximum Gasteiger partial charge on any atom is 0.507 e. The Labute approximate surface area is 720 Å². The lowest BCUT2D eigenvalue weighted by molar-refractivity contribution is -0.138. The normalized spacial score (nSPS) is 7.92. The van der Waals surface area contributed by atoms with Gasteiger partial charge in [0, 0.05) is 42.3 Å². The van der Waals surface area contributed by atoms with E-state index in [9.17, 15) is 37.2 Å².